The molecule has 1 saturated carbocycles. The monoisotopic (exact) mass is 392 g/mol. The van der Waals surface area contributed by atoms with Crippen LogP contribution >= 0.6 is 0 Å². The normalized spacial score (nSPS) is 13.4. The van der Waals surface area contributed by atoms with E-state index >= 15 is 0 Å². The van der Waals surface area contributed by atoms with Gasteiger partial charge in [0.2, 0.25) is 5.91 Å². The van der Waals surface area contributed by atoms with Crippen molar-refractivity contribution in [1.29, 1.82) is 0 Å². The largest absolute Gasteiger partial charge is 0.451 e. The molecule has 1 heterocycles. The van der Waals surface area contributed by atoms with Crippen molar-refractivity contribution in [2.45, 2.75) is 32.9 Å². The number of furan rings is 1. The SMILES string of the molecule is CCOCc1c(C(=O)NCc2ccc(NC(=O)C3CC3)cc2)oc2ccccc12. The average Bonchev–Trinajstić information content (AvgIpc) is 3.53. The van der Waals surface area contributed by atoms with Gasteiger partial charge in [-0.1, -0.05) is 30.3 Å². The number of hydrogen-bond acceptors (Lipinski definition) is 4. The fourth-order valence-corrected chi connectivity index (χ4v) is 3.19. The van der Waals surface area contributed by atoms with Gasteiger partial charge in [0, 0.05) is 35.7 Å². The van der Waals surface area contributed by atoms with Gasteiger partial charge in [-0.3, -0.25) is 9.59 Å². The molecule has 2 amide bonds. The Bertz CT molecular complexity index is 1020. The van der Waals surface area contributed by atoms with E-state index < -0.39 is 0 Å². The minimum atomic E-state index is -0.276. The molecule has 4 rings (SSSR count). The zero-order chi connectivity index (χ0) is 20.2. The van der Waals surface area contributed by atoms with Crippen LogP contribution in [-0.4, -0.2) is 18.4 Å². The summed E-state index contributed by atoms with van der Waals surface area (Å²) in [6.45, 7) is 3.16. The fraction of sp³-hybridized carbons (Fsp3) is 0.304. The third-order valence-electron chi connectivity index (χ3n) is 4.98. The maximum Gasteiger partial charge on any atom is 0.287 e. The summed E-state index contributed by atoms with van der Waals surface area (Å²) < 4.78 is 11.3. The first-order valence-corrected chi connectivity index (χ1v) is 9.92. The van der Waals surface area contributed by atoms with Crippen LogP contribution in [0.1, 0.15) is 41.4 Å². The molecule has 1 aliphatic rings. The lowest BCUT2D eigenvalue weighted by atomic mass is 10.1. The van der Waals surface area contributed by atoms with Gasteiger partial charge < -0.3 is 19.8 Å². The van der Waals surface area contributed by atoms with E-state index in [1.807, 2.05) is 55.5 Å². The van der Waals surface area contributed by atoms with Gasteiger partial charge in [-0.2, -0.15) is 0 Å². The van der Waals surface area contributed by atoms with Gasteiger partial charge in [0.05, 0.1) is 6.61 Å². The van der Waals surface area contributed by atoms with Gasteiger partial charge in [0.25, 0.3) is 5.91 Å². The fourth-order valence-electron chi connectivity index (χ4n) is 3.19. The lowest BCUT2D eigenvalue weighted by Gasteiger charge is -2.08. The molecule has 0 saturated heterocycles. The number of hydrogen-bond donors (Lipinski definition) is 2. The van der Waals surface area contributed by atoms with Gasteiger partial charge in [0.1, 0.15) is 5.58 Å². The topological polar surface area (TPSA) is 80.6 Å². The van der Waals surface area contributed by atoms with Crippen molar-refractivity contribution in [3.63, 3.8) is 0 Å². The van der Waals surface area contributed by atoms with Crippen molar-refractivity contribution >= 4 is 28.5 Å². The van der Waals surface area contributed by atoms with Gasteiger partial charge in [-0.25, -0.2) is 0 Å². The number of anilines is 1. The number of rotatable bonds is 8. The van der Waals surface area contributed by atoms with Crippen LogP contribution in [0.4, 0.5) is 5.69 Å². The number of carbonyl (C=O) groups is 2. The van der Waals surface area contributed by atoms with Crippen molar-refractivity contribution in [2.24, 2.45) is 5.92 Å². The molecule has 0 spiro atoms. The Hall–Kier alpha value is -3.12. The molecule has 150 valence electrons. The van der Waals surface area contributed by atoms with Crippen molar-refractivity contribution in [3.8, 4) is 0 Å². The molecule has 0 radical (unpaired) electrons. The molecular formula is C23H24N2O4. The van der Waals surface area contributed by atoms with E-state index in [0.29, 0.717) is 25.3 Å². The highest BCUT2D eigenvalue weighted by Crippen LogP contribution is 2.30. The summed E-state index contributed by atoms with van der Waals surface area (Å²) in [6, 6.07) is 15.0. The number of benzene rings is 2. The molecule has 1 aliphatic carbocycles. The number of para-hydroxylation sites is 1. The number of ether oxygens (including phenoxy) is 1. The molecule has 2 aromatic carbocycles. The zero-order valence-electron chi connectivity index (χ0n) is 16.4. The van der Waals surface area contributed by atoms with E-state index in [1.165, 1.54) is 0 Å². The van der Waals surface area contributed by atoms with Crippen LogP contribution in [0, 0.1) is 5.92 Å². The van der Waals surface area contributed by atoms with E-state index in [-0.39, 0.29) is 23.5 Å². The highest BCUT2D eigenvalue weighted by Gasteiger charge is 2.29. The second-order valence-corrected chi connectivity index (χ2v) is 7.19. The maximum atomic E-state index is 12.7. The molecule has 2 N–H and O–H groups in total. The van der Waals surface area contributed by atoms with Crippen LogP contribution in [0.15, 0.2) is 52.9 Å². The molecule has 0 bridgehead atoms. The molecule has 6 nitrogen and oxygen atoms in total. The lowest BCUT2D eigenvalue weighted by molar-refractivity contribution is -0.117. The van der Waals surface area contributed by atoms with E-state index in [4.69, 9.17) is 9.15 Å². The summed E-state index contributed by atoms with van der Waals surface area (Å²) >= 11 is 0. The molecule has 1 aromatic heterocycles. The summed E-state index contributed by atoms with van der Waals surface area (Å²) in [5.41, 5.74) is 3.14. The maximum absolute atomic E-state index is 12.7. The summed E-state index contributed by atoms with van der Waals surface area (Å²) in [5.74, 6) is 0.261. The minimum Gasteiger partial charge on any atom is -0.451 e. The van der Waals surface area contributed by atoms with Crippen LogP contribution < -0.4 is 10.6 Å². The van der Waals surface area contributed by atoms with Crippen molar-refractivity contribution in [3.05, 3.63) is 65.4 Å². The Morgan fingerprint density at radius 3 is 2.59 bits per heavy atom. The van der Waals surface area contributed by atoms with Crippen LogP contribution in [0.3, 0.4) is 0 Å². The van der Waals surface area contributed by atoms with Crippen LogP contribution in [0.5, 0.6) is 0 Å². The summed E-state index contributed by atoms with van der Waals surface area (Å²) in [5, 5.41) is 6.71. The summed E-state index contributed by atoms with van der Waals surface area (Å²) in [7, 11) is 0. The van der Waals surface area contributed by atoms with Crippen molar-refractivity contribution in [1.82, 2.24) is 5.32 Å². The van der Waals surface area contributed by atoms with E-state index in [9.17, 15) is 9.59 Å². The number of fused-ring (bicyclic) bond motifs is 1. The quantitative estimate of drug-likeness (QED) is 0.601. The van der Waals surface area contributed by atoms with Crippen LogP contribution in [0.2, 0.25) is 0 Å². The van der Waals surface area contributed by atoms with Crippen LogP contribution in [-0.2, 0) is 22.7 Å². The molecular weight excluding hydrogens is 368 g/mol. The standard InChI is InChI=1S/C23H24N2O4/c1-2-28-14-19-18-5-3-4-6-20(18)29-21(19)23(27)24-13-15-7-11-17(12-8-15)25-22(26)16-9-10-16/h3-8,11-12,16H,2,9-10,13-14H2,1H3,(H,24,27)(H,25,26). The third-order valence-corrected chi connectivity index (χ3v) is 4.98. The second kappa shape index (κ2) is 8.49. The first kappa shape index (κ1) is 19.2. The molecule has 3 aromatic rings. The smallest absolute Gasteiger partial charge is 0.287 e. The minimum absolute atomic E-state index is 0.0813. The second-order valence-electron chi connectivity index (χ2n) is 7.19. The van der Waals surface area contributed by atoms with E-state index in [0.717, 1.165) is 35.0 Å². The van der Waals surface area contributed by atoms with Gasteiger partial charge >= 0.3 is 0 Å². The third kappa shape index (κ3) is 4.49. The molecule has 0 unspecified atom stereocenters. The van der Waals surface area contributed by atoms with Crippen molar-refractivity contribution < 1.29 is 18.7 Å². The van der Waals surface area contributed by atoms with Gasteiger partial charge in [-0.05, 0) is 43.5 Å². The molecule has 6 heteroatoms. The number of nitrogens with one attached hydrogen (secondary N) is 2. The Kier molecular flexibility index (Phi) is 5.62. The predicted molar refractivity (Wildman–Crippen MR) is 111 cm³/mol. The Balaban J connectivity index is 1.42. The number of carbonyl (C=O) groups excluding carboxylic acids is 2. The predicted octanol–water partition coefficient (Wildman–Crippen LogP) is 4.25. The molecule has 0 atom stereocenters. The Morgan fingerprint density at radius 2 is 1.86 bits per heavy atom. The Labute approximate surface area is 169 Å². The lowest BCUT2D eigenvalue weighted by Crippen LogP contribution is -2.23. The zero-order valence-corrected chi connectivity index (χ0v) is 16.4. The first-order chi connectivity index (χ1) is 14.2. The highest BCUT2D eigenvalue weighted by atomic mass is 16.5. The van der Waals surface area contributed by atoms with E-state index in [2.05, 4.69) is 10.6 Å². The molecule has 0 aliphatic heterocycles. The summed E-state index contributed by atoms with van der Waals surface area (Å²) in [6.07, 6.45) is 1.95. The Morgan fingerprint density at radius 1 is 1.10 bits per heavy atom. The summed E-state index contributed by atoms with van der Waals surface area (Å²) in [4.78, 5) is 24.6. The van der Waals surface area contributed by atoms with Gasteiger partial charge in [0.15, 0.2) is 5.76 Å². The van der Waals surface area contributed by atoms with Crippen LogP contribution in [0.25, 0.3) is 11.0 Å². The molecule has 1 fully saturated rings. The molecule has 29 heavy (non-hydrogen) atoms. The highest BCUT2D eigenvalue weighted by molar-refractivity contribution is 5.99. The van der Waals surface area contributed by atoms with E-state index in [1.54, 1.807) is 0 Å². The van der Waals surface area contributed by atoms with Gasteiger partial charge in [-0.15, -0.1) is 0 Å². The first-order valence-electron chi connectivity index (χ1n) is 9.92. The average molecular weight is 392 g/mol. The van der Waals surface area contributed by atoms with Crippen molar-refractivity contribution in [2.75, 3.05) is 11.9 Å². The number of amides is 2.